The number of hydrogen-bond donors (Lipinski definition) is 2. The topological polar surface area (TPSA) is 95.0 Å². The smallest absolute Gasteiger partial charge is 0.187 e. The maximum absolute atomic E-state index is 15.6. The van der Waals surface area contributed by atoms with E-state index in [1.165, 1.54) is 36.9 Å². The fourth-order valence-electron chi connectivity index (χ4n) is 4.06. The highest BCUT2D eigenvalue weighted by Gasteiger charge is 2.47. The minimum atomic E-state index is -1.54. The molecule has 180 valence electrons. The number of H-pyrrole nitrogens is 1. The molecule has 1 aliphatic rings. The van der Waals surface area contributed by atoms with Gasteiger partial charge < -0.3 is 10.3 Å². The van der Waals surface area contributed by atoms with E-state index in [-0.39, 0.29) is 25.3 Å². The number of benzene rings is 1. The molecule has 0 aliphatic carbocycles. The summed E-state index contributed by atoms with van der Waals surface area (Å²) in [7, 11) is 1.51. The maximum atomic E-state index is 15.6. The van der Waals surface area contributed by atoms with Crippen molar-refractivity contribution in [2.75, 3.05) is 38.5 Å². The Balaban J connectivity index is 1.24. The Labute approximate surface area is 204 Å². The van der Waals surface area contributed by atoms with Crippen LogP contribution in [-0.4, -0.2) is 68.8 Å². The van der Waals surface area contributed by atoms with Gasteiger partial charge in [0.25, 0.3) is 0 Å². The molecule has 35 heavy (non-hydrogen) atoms. The van der Waals surface area contributed by atoms with Gasteiger partial charge in [-0.1, -0.05) is 36.1 Å². The summed E-state index contributed by atoms with van der Waals surface area (Å²) in [6.45, 7) is 4.81. The first-order valence-corrected chi connectivity index (χ1v) is 12.0. The Kier molecular flexibility index (Phi) is 6.35. The number of aromatic amines is 1. The number of imidazole rings is 1. The highest BCUT2D eigenvalue weighted by Crippen LogP contribution is 2.40. The summed E-state index contributed by atoms with van der Waals surface area (Å²) in [4.78, 5) is 27.5. The van der Waals surface area contributed by atoms with Gasteiger partial charge in [0.2, 0.25) is 0 Å². The van der Waals surface area contributed by atoms with Gasteiger partial charge in [0.1, 0.15) is 33.3 Å². The molecule has 0 amide bonds. The number of nitrogens with one attached hydrogen (secondary N) is 2. The summed E-state index contributed by atoms with van der Waals surface area (Å²) >= 11 is 1.22. The maximum Gasteiger partial charge on any atom is 0.187 e. The van der Waals surface area contributed by atoms with Crippen LogP contribution in [-0.2, 0) is 12.1 Å². The molecule has 4 aromatic rings. The second kappa shape index (κ2) is 9.59. The number of likely N-dealkylation sites (tertiary alicyclic amines) is 1. The number of alkyl halides is 1. The third-order valence-electron chi connectivity index (χ3n) is 5.86. The molecule has 0 saturated carbocycles. The van der Waals surface area contributed by atoms with Crippen molar-refractivity contribution in [1.29, 1.82) is 0 Å². The van der Waals surface area contributed by atoms with Gasteiger partial charge in [-0.25, -0.2) is 28.7 Å². The Morgan fingerprint density at radius 1 is 1.31 bits per heavy atom. The number of aliphatic imine (C=N–C) groups is 1. The van der Waals surface area contributed by atoms with Crippen LogP contribution in [0.15, 0.2) is 60.1 Å². The van der Waals surface area contributed by atoms with Crippen LogP contribution in [0.2, 0.25) is 0 Å². The summed E-state index contributed by atoms with van der Waals surface area (Å²) in [5, 5.41) is 3.41. The van der Waals surface area contributed by atoms with Gasteiger partial charge >= 0.3 is 0 Å². The lowest BCUT2D eigenvalue weighted by atomic mass is 9.97. The Morgan fingerprint density at radius 2 is 2.14 bits per heavy atom. The summed E-state index contributed by atoms with van der Waals surface area (Å²) < 4.78 is 29.7. The average Bonchev–Trinajstić information content (AvgIpc) is 3.46. The fourth-order valence-corrected chi connectivity index (χ4v) is 5.03. The number of para-hydroxylation sites is 2. The van der Waals surface area contributed by atoms with Crippen LogP contribution in [0.3, 0.4) is 0 Å². The summed E-state index contributed by atoms with van der Waals surface area (Å²) in [5.41, 5.74) is 1.08. The van der Waals surface area contributed by atoms with Gasteiger partial charge in [-0.2, -0.15) is 0 Å². The average molecular weight is 495 g/mol. The van der Waals surface area contributed by atoms with Gasteiger partial charge in [-0.15, -0.1) is 0 Å². The van der Waals surface area contributed by atoms with Crippen LogP contribution in [0.25, 0.3) is 21.4 Å². The molecular weight excluding hydrogens is 470 g/mol. The highest BCUT2D eigenvalue weighted by molar-refractivity contribution is 7.18. The molecule has 1 aliphatic heterocycles. The molecule has 2 N–H and O–H groups in total. The predicted octanol–water partition coefficient (Wildman–Crippen LogP) is 4.21. The lowest BCUT2D eigenvalue weighted by Gasteiger charge is -2.43. The van der Waals surface area contributed by atoms with Crippen molar-refractivity contribution in [2.45, 2.75) is 12.1 Å². The normalized spacial score (nSPS) is 16.5. The summed E-state index contributed by atoms with van der Waals surface area (Å²) in [6.07, 6.45) is 4.69. The Morgan fingerprint density at radius 3 is 2.91 bits per heavy atom. The van der Waals surface area contributed by atoms with Crippen molar-refractivity contribution in [3.63, 3.8) is 0 Å². The number of halogens is 2. The Hall–Kier alpha value is -3.57. The minimum absolute atomic E-state index is 0.0992. The number of hydrogen-bond acceptors (Lipinski definition) is 8. The quantitative estimate of drug-likeness (QED) is 0.267. The predicted molar refractivity (Wildman–Crippen MR) is 135 cm³/mol. The van der Waals surface area contributed by atoms with E-state index in [1.54, 1.807) is 0 Å². The van der Waals surface area contributed by atoms with E-state index in [1.807, 2.05) is 29.2 Å². The van der Waals surface area contributed by atoms with Crippen LogP contribution in [0.4, 0.5) is 14.6 Å². The van der Waals surface area contributed by atoms with Gasteiger partial charge in [0.05, 0.1) is 23.3 Å². The van der Waals surface area contributed by atoms with Crippen LogP contribution in [0, 0.1) is 0 Å². The number of thiazole rings is 1. The number of fused-ring (bicyclic) bond motifs is 2. The SMILES string of the molecule is C=C/C=C(/F)C(CNc1ncnc2sc(C3(F)CN(CCc4nc5ccccc5[nH]4)C3)nc12)=NC. The van der Waals surface area contributed by atoms with E-state index in [0.29, 0.717) is 34.1 Å². The number of nitrogens with zero attached hydrogens (tertiary/aromatic N) is 6. The Bertz CT molecular complexity index is 1400. The molecule has 0 bridgehead atoms. The molecule has 1 fully saturated rings. The molecule has 11 heteroatoms. The second-order valence-corrected chi connectivity index (χ2v) is 9.27. The first-order valence-electron chi connectivity index (χ1n) is 11.1. The molecule has 8 nitrogen and oxygen atoms in total. The van der Waals surface area contributed by atoms with Crippen molar-refractivity contribution >= 4 is 44.2 Å². The van der Waals surface area contributed by atoms with E-state index in [0.717, 1.165) is 16.9 Å². The third kappa shape index (κ3) is 4.69. The zero-order valence-corrected chi connectivity index (χ0v) is 19.9. The monoisotopic (exact) mass is 494 g/mol. The van der Waals surface area contributed by atoms with Crippen molar-refractivity contribution in [1.82, 2.24) is 29.8 Å². The van der Waals surface area contributed by atoms with Gasteiger partial charge in [0, 0.05) is 33.1 Å². The van der Waals surface area contributed by atoms with Crippen LogP contribution in [0.1, 0.15) is 10.8 Å². The van der Waals surface area contributed by atoms with Crippen molar-refractivity contribution in [3.8, 4) is 0 Å². The molecular formula is C24H24F2N8S. The lowest BCUT2D eigenvalue weighted by Crippen LogP contribution is -2.57. The van der Waals surface area contributed by atoms with E-state index in [4.69, 9.17) is 0 Å². The highest BCUT2D eigenvalue weighted by atomic mass is 32.1. The molecule has 1 saturated heterocycles. The van der Waals surface area contributed by atoms with E-state index in [9.17, 15) is 4.39 Å². The molecule has 4 heterocycles. The lowest BCUT2D eigenvalue weighted by molar-refractivity contribution is -0.0358. The molecule has 0 radical (unpaired) electrons. The molecule has 0 unspecified atom stereocenters. The van der Waals surface area contributed by atoms with Crippen molar-refractivity contribution < 1.29 is 8.78 Å². The standard InChI is InChI=1S/C24H24F2N8S/c1-3-6-15(25)18(27-2)11-28-21-20-22(30-14-29-21)35-23(33-20)24(26)12-34(13-24)10-9-19-31-16-7-4-5-8-17(16)32-19/h3-8,14H,1,9-13H2,2H3,(H,31,32)(H,28,29,30)/b15-6+,27-18?. The van der Waals surface area contributed by atoms with Gasteiger partial charge in [0.15, 0.2) is 11.5 Å². The summed E-state index contributed by atoms with van der Waals surface area (Å²) in [6, 6.07) is 7.88. The van der Waals surface area contributed by atoms with E-state index < -0.39 is 11.5 Å². The minimum Gasteiger partial charge on any atom is -0.362 e. The molecule has 0 spiro atoms. The van der Waals surface area contributed by atoms with Crippen molar-refractivity contribution in [3.05, 3.63) is 66.0 Å². The largest absolute Gasteiger partial charge is 0.362 e. The number of anilines is 1. The third-order valence-corrected chi connectivity index (χ3v) is 7.01. The fraction of sp³-hybridized carbons (Fsp3) is 0.292. The molecule has 5 rings (SSSR count). The van der Waals surface area contributed by atoms with Crippen LogP contribution in [0.5, 0.6) is 0 Å². The van der Waals surface area contributed by atoms with E-state index >= 15 is 4.39 Å². The molecule has 3 aromatic heterocycles. The zero-order chi connectivity index (χ0) is 24.4. The number of rotatable bonds is 9. The van der Waals surface area contributed by atoms with Crippen LogP contribution >= 0.6 is 11.3 Å². The van der Waals surface area contributed by atoms with Crippen molar-refractivity contribution in [2.24, 2.45) is 4.99 Å². The van der Waals surface area contributed by atoms with E-state index in [2.05, 4.69) is 41.8 Å². The first kappa shape index (κ1) is 23.2. The van der Waals surface area contributed by atoms with Gasteiger partial charge in [-0.3, -0.25) is 9.89 Å². The number of allylic oxidation sites excluding steroid dienone is 2. The zero-order valence-electron chi connectivity index (χ0n) is 19.1. The second-order valence-electron chi connectivity index (χ2n) is 8.30. The molecule has 0 atom stereocenters. The first-order chi connectivity index (χ1) is 17.0. The number of aromatic nitrogens is 5. The molecule has 1 aromatic carbocycles. The summed E-state index contributed by atoms with van der Waals surface area (Å²) in [5.74, 6) is 0.816. The van der Waals surface area contributed by atoms with Crippen LogP contribution < -0.4 is 5.32 Å². The van der Waals surface area contributed by atoms with Gasteiger partial charge in [-0.05, 0) is 18.2 Å².